The normalized spacial score (nSPS) is 12.2. The Kier molecular flexibility index (Phi) is 5.59. The lowest BCUT2D eigenvalue weighted by atomic mass is 9.80. The first-order chi connectivity index (χ1) is 9.29. The molecule has 0 atom stereocenters. The van der Waals surface area contributed by atoms with E-state index in [0.29, 0.717) is 0 Å². The van der Waals surface area contributed by atoms with E-state index in [2.05, 4.69) is 30.1 Å². The van der Waals surface area contributed by atoms with Gasteiger partial charge in [0, 0.05) is 39.8 Å². The van der Waals surface area contributed by atoms with Crippen molar-refractivity contribution in [3.63, 3.8) is 0 Å². The Hall–Kier alpha value is -2.85. The Labute approximate surface area is 108 Å². The first-order valence-corrected chi connectivity index (χ1v) is 5.37. The van der Waals surface area contributed by atoms with Gasteiger partial charge in [0.25, 0.3) is 0 Å². The highest BCUT2D eigenvalue weighted by atomic mass is 15.2. The summed E-state index contributed by atoms with van der Waals surface area (Å²) in [7, 11) is 0. The highest BCUT2D eigenvalue weighted by Crippen LogP contribution is 2.26. The first-order valence-electron chi connectivity index (χ1n) is 5.37. The number of rotatable bonds is 7. The van der Waals surface area contributed by atoms with Crippen LogP contribution in [0.1, 0.15) is 5.56 Å². The molecule has 0 aliphatic heterocycles. The molecule has 1 aromatic rings. The predicted octanol–water partition coefficient (Wildman–Crippen LogP) is 3.86. The van der Waals surface area contributed by atoms with Gasteiger partial charge in [0.05, 0.1) is 0 Å². The summed E-state index contributed by atoms with van der Waals surface area (Å²) in [4.78, 5) is 8.15. The van der Waals surface area contributed by atoms with E-state index in [0.717, 1.165) is 5.56 Å². The molecule has 0 radical (unpaired) electrons. The summed E-state index contributed by atoms with van der Waals surface area (Å²) in [5.41, 5.74) is 25.4. The molecule has 0 N–H and O–H groups in total. The summed E-state index contributed by atoms with van der Waals surface area (Å²) >= 11 is 0. The highest BCUT2D eigenvalue weighted by Gasteiger charge is 2.30. The summed E-state index contributed by atoms with van der Waals surface area (Å²) in [6.45, 7) is 0.142. The molecule has 9 nitrogen and oxygen atoms in total. The van der Waals surface area contributed by atoms with Crippen LogP contribution in [0.3, 0.4) is 0 Å². The average Bonchev–Trinajstić information content (AvgIpc) is 2.48. The van der Waals surface area contributed by atoms with Crippen molar-refractivity contribution in [3.05, 3.63) is 67.2 Å². The zero-order valence-corrected chi connectivity index (χ0v) is 10.0. The van der Waals surface area contributed by atoms with E-state index in [1.54, 1.807) is 0 Å². The molecule has 0 aliphatic rings. The second-order valence-corrected chi connectivity index (χ2v) is 3.81. The maximum Gasteiger partial charge on any atom is 0.0357 e. The topological polar surface area (TPSA) is 146 Å². The SMILES string of the molecule is [N-]=[N+]=NCC(CN=[N+]=[N-])(CN=[N+]=[N-])c1ccccc1. The lowest BCUT2D eigenvalue weighted by molar-refractivity contribution is 0.458. The fourth-order valence-electron chi connectivity index (χ4n) is 1.72. The van der Waals surface area contributed by atoms with Crippen LogP contribution >= 0.6 is 0 Å². The molecule has 0 unspecified atom stereocenters. The van der Waals surface area contributed by atoms with Gasteiger partial charge in [-0.1, -0.05) is 45.7 Å². The molecule has 0 fully saturated rings. The Morgan fingerprint density at radius 2 is 1.21 bits per heavy atom. The summed E-state index contributed by atoms with van der Waals surface area (Å²) in [5, 5.41) is 10.6. The molecule has 0 aromatic heterocycles. The van der Waals surface area contributed by atoms with Gasteiger partial charge < -0.3 is 0 Å². The van der Waals surface area contributed by atoms with Crippen molar-refractivity contribution >= 4 is 0 Å². The van der Waals surface area contributed by atoms with Gasteiger partial charge in [-0.3, -0.25) is 0 Å². The van der Waals surface area contributed by atoms with Gasteiger partial charge in [0.15, 0.2) is 0 Å². The zero-order chi connectivity index (χ0) is 14.0. The standard InChI is InChI=1S/C10H11N9/c11-17-14-6-10(7-15-18-12,8-16-19-13)9-4-2-1-3-5-9/h1-5H,6-8H2. The molecular weight excluding hydrogens is 246 g/mol. The molecule has 1 aromatic carbocycles. The van der Waals surface area contributed by atoms with E-state index in [9.17, 15) is 0 Å². The molecule has 0 amide bonds. The van der Waals surface area contributed by atoms with E-state index in [-0.39, 0.29) is 19.6 Å². The van der Waals surface area contributed by atoms with Crippen molar-refractivity contribution in [2.45, 2.75) is 5.41 Å². The number of benzene rings is 1. The highest BCUT2D eigenvalue weighted by molar-refractivity contribution is 5.27. The molecule has 0 saturated heterocycles. The number of hydrogen-bond acceptors (Lipinski definition) is 3. The molecule has 0 heterocycles. The van der Waals surface area contributed by atoms with Crippen LogP contribution in [-0.4, -0.2) is 19.6 Å². The van der Waals surface area contributed by atoms with Gasteiger partial charge in [0.2, 0.25) is 0 Å². The van der Waals surface area contributed by atoms with E-state index < -0.39 is 5.41 Å². The van der Waals surface area contributed by atoms with E-state index in [1.807, 2.05) is 30.3 Å². The zero-order valence-electron chi connectivity index (χ0n) is 10.0. The third kappa shape index (κ3) is 3.83. The van der Waals surface area contributed by atoms with E-state index in [1.165, 1.54) is 0 Å². The van der Waals surface area contributed by atoms with Crippen molar-refractivity contribution < 1.29 is 0 Å². The lowest BCUT2D eigenvalue weighted by Crippen LogP contribution is -2.36. The second-order valence-electron chi connectivity index (χ2n) is 3.81. The fraction of sp³-hybridized carbons (Fsp3) is 0.400. The smallest absolute Gasteiger partial charge is 0.0357 e. The quantitative estimate of drug-likeness (QED) is 0.396. The monoisotopic (exact) mass is 257 g/mol. The van der Waals surface area contributed by atoms with Crippen molar-refractivity contribution in [2.24, 2.45) is 15.3 Å². The third-order valence-corrected chi connectivity index (χ3v) is 2.70. The van der Waals surface area contributed by atoms with Gasteiger partial charge in [-0.05, 0) is 22.2 Å². The largest absolute Gasteiger partial charge is 0.0931 e. The number of azide groups is 3. The van der Waals surface area contributed by atoms with Gasteiger partial charge in [0.1, 0.15) is 0 Å². The third-order valence-electron chi connectivity index (χ3n) is 2.70. The molecular formula is C10H11N9. The van der Waals surface area contributed by atoms with Crippen LogP contribution in [0, 0.1) is 0 Å². The number of hydrogen-bond donors (Lipinski definition) is 0. The van der Waals surface area contributed by atoms with Crippen molar-refractivity contribution in [1.82, 2.24) is 0 Å². The van der Waals surface area contributed by atoms with Gasteiger partial charge in [-0.2, -0.15) is 0 Å². The average molecular weight is 257 g/mol. The predicted molar refractivity (Wildman–Crippen MR) is 70.2 cm³/mol. The van der Waals surface area contributed by atoms with Crippen LogP contribution < -0.4 is 0 Å². The van der Waals surface area contributed by atoms with Crippen molar-refractivity contribution in [3.8, 4) is 0 Å². The lowest BCUT2D eigenvalue weighted by Gasteiger charge is -2.29. The van der Waals surface area contributed by atoms with Gasteiger partial charge in [-0.15, -0.1) is 0 Å². The molecule has 0 saturated carbocycles. The van der Waals surface area contributed by atoms with Crippen LogP contribution in [-0.2, 0) is 5.41 Å². The first kappa shape index (κ1) is 14.2. The van der Waals surface area contributed by atoms with Crippen LogP contribution in [0.2, 0.25) is 0 Å². The Bertz CT molecular complexity index is 497. The van der Waals surface area contributed by atoms with Crippen LogP contribution in [0.15, 0.2) is 45.7 Å². The van der Waals surface area contributed by atoms with Crippen molar-refractivity contribution in [2.75, 3.05) is 19.6 Å². The van der Waals surface area contributed by atoms with E-state index >= 15 is 0 Å². The molecule has 0 bridgehead atoms. The summed E-state index contributed by atoms with van der Waals surface area (Å²) in [6.07, 6.45) is 0. The Morgan fingerprint density at radius 3 is 1.58 bits per heavy atom. The van der Waals surface area contributed by atoms with Crippen LogP contribution in [0.4, 0.5) is 0 Å². The molecule has 0 spiro atoms. The Morgan fingerprint density at radius 1 is 0.789 bits per heavy atom. The summed E-state index contributed by atoms with van der Waals surface area (Å²) in [5.74, 6) is 0. The molecule has 1 rings (SSSR count). The second kappa shape index (κ2) is 7.47. The van der Waals surface area contributed by atoms with Gasteiger partial charge >= 0.3 is 0 Å². The van der Waals surface area contributed by atoms with Crippen LogP contribution in [0.25, 0.3) is 31.3 Å². The van der Waals surface area contributed by atoms with Crippen LogP contribution in [0.5, 0.6) is 0 Å². The molecule has 0 aliphatic carbocycles. The van der Waals surface area contributed by atoms with Crippen molar-refractivity contribution in [1.29, 1.82) is 0 Å². The summed E-state index contributed by atoms with van der Waals surface area (Å²) < 4.78 is 0. The van der Waals surface area contributed by atoms with E-state index in [4.69, 9.17) is 16.6 Å². The Balaban J connectivity index is 3.26. The minimum Gasteiger partial charge on any atom is -0.0931 e. The molecule has 19 heavy (non-hydrogen) atoms. The molecule has 96 valence electrons. The minimum absolute atomic E-state index is 0.0472. The molecule has 9 heteroatoms. The van der Waals surface area contributed by atoms with Gasteiger partial charge in [-0.25, -0.2) is 0 Å². The minimum atomic E-state index is -0.814. The summed E-state index contributed by atoms with van der Waals surface area (Å²) in [6, 6.07) is 9.08. The maximum absolute atomic E-state index is 8.48. The number of nitrogens with zero attached hydrogens (tertiary/aromatic N) is 9. The fourth-order valence-corrected chi connectivity index (χ4v) is 1.72. The maximum atomic E-state index is 8.48.